The standard InChI is InChI=1S/C13H15N3O2/c14-10-3-5-11(6-4-10)16-13(17)15-8-7-12-2-1-9-18-12/h1-6,9H,7-8,14H2,(H2,15,16,17). The maximum absolute atomic E-state index is 11.5. The fourth-order valence-electron chi connectivity index (χ4n) is 1.50. The Bertz CT molecular complexity index is 491. The van der Waals surface area contributed by atoms with Crippen LogP contribution in [0, 0.1) is 0 Å². The van der Waals surface area contributed by atoms with Gasteiger partial charge in [-0.05, 0) is 36.4 Å². The molecule has 0 atom stereocenters. The summed E-state index contributed by atoms with van der Waals surface area (Å²) in [6.45, 7) is 0.522. The predicted molar refractivity (Wildman–Crippen MR) is 70.3 cm³/mol. The van der Waals surface area contributed by atoms with E-state index in [2.05, 4.69) is 10.6 Å². The van der Waals surface area contributed by atoms with Gasteiger partial charge in [0.2, 0.25) is 0 Å². The number of furan rings is 1. The first-order valence-electron chi connectivity index (χ1n) is 5.67. The molecule has 0 aliphatic carbocycles. The number of hydrogen-bond acceptors (Lipinski definition) is 3. The lowest BCUT2D eigenvalue weighted by Crippen LogP contribution is -2.30. The van der Waals surface area contributed by atoms with Crippen molar-refractivity contribution < 1.29 is 9.21 Å². The smallest absolute Gasteiger partial charge is 0.319 e. The molecular formula is C13H15N3O2. The number of anilines is 2. The summed E-state index contributed by atoms with van der Waals surface area (Å²) in [7, 11) is 0. The third kappa shape index (κ3) is 3.55. The number of nitrogens with two attached hydrogens (primary N) is 1. The molecule has 0 fully saturated rings. The van der Waals surface area contributed by atoms with E-state index in [1.807, 2.05) is 12.1 Å². The quantitative estimate of drug-likeness (QED) is 0.722. The zero-order valence-corrected chi connectivity index (χ0v) is 9.85. The van der Waals surface area contributed by atoms with Crippen LogP contribution in [0.15, 0.2) is 47.1 Å². The minimum atomic E-state index is -0.244. The van der Waals surface area contributed by atoms with E-state index < -0.39 is 0 Å². The van der Waals surface area contributed by atoms with E-state index in [-0.39, 0.29) is 6.03 Å². The van der Waals surface area contributed by atoms with Crippen molar-refractivity contribution in [1.82, 2.24) is 5.32 Å². The zero-order chi connectivity index (χ0) is 12.8. The first-order chi connectivity index (χ1) is 8.74. The molecule has 2 amide bonds. The summed E-state index contributed by atoms with van der Waals surface area (Å²) in [5.41, 5.74) is 6.93. The van der Waals surface area contributed by atoms with Crippen molar-refractivity contribution in [3.05, 3.63) is 48.4 Å². The molecule has 0 radical (unpaired) electrons. The van der Waals surface area contributed by atoms with Crippen LogP contribution >= 0.6 is 0 Å². The first-order valence-corrected chi connectivity index (χ1v) is 5.67. The summed E-state index contributed by atoms with van der Waals surface area (Å²) >= 11 is 0. The van der Waals surface area contributed by atoms with Crippen LogP contribution in [0.2, 0.25) is 0 Å². The lowest BCUT2D eigenvalue weighted by Gasteiger charge is -2.07. The van der Waals surface area contributed by atoms with Crippen molar-refractivity contribution in [1.29, 1.82) is 0 Å². The second kappa shape index (κ2) is 5.77. The Morgan fingerprint density at radius 2 is 2.00 bits per heavy atom. The molecule has 5 nitrogen and oxygen atoms in total. The molecule has 0 aliphatic heterocycles. The molecule has 0 bridgehead atoms. The van der Waals surface area contributed by atoms with E-state index in [1.54, 1.807) is 30.5 Å². The highest BCUT2D eigenvalue weighted by molar-refractivity contribution is 5.89. The second-order valence-corrected chi connectivity index (χ2v) is 3.83. The van der Waals surface area contributed by atoms with Crippen LogP contribution in [0.25, 0.3) is 0 Å². The monoisotopic (exact) mass is 245 g/mol. The van der Waals surface area contributed by atoms with Gasteiger partial charge in [0.15, 0.2) is 0 Å². The summed E-state index contributed by atoms with van der Waals surface area (Å²) in [4.78, 5) is 11.5. The lowest BCUT2D eigenvalue weighted by atomic mass is 10.3. The number of urea groups is 1. The normalized spacial score (nSPS) is 10.0. The van der Waals surface area contributed by atoms with Gasteiger partial charge in [-0.25, -0.2) is 4.79 Å². The molecule has 1 heterocycles. The highest BCUT2D eigenvalue weighted by atomic mass is 16.3. The molecule has 0 aliphatic rings. The predicted octanol–water partition coefficient (Wildman–Crippen LogP) is 2.23. The SMILES string of the molecule is Nc1ccc(NC(=O)NCCc2ccco2)cc1. The van der Waals surface area contributed by atoms with Gasteiger partial charge >= 0.3 is 6.03 Å². The van der Waals surface area contributed by atoms with E-state index in [0.29, 0.717) is 24.3 Å². The molecule has 18 heavy (non-hydrogen) atoms. The van der Waals surface area contributed by atoms with Crippen molar-refractivity contribution >= 4 is 17.4 Å². The highest BCUT2D eigenvalue weighted by Crippen LogP contribution is 2.09. The van der Waals surface area contributed by atoms with Gasteiger partial charge < -0.3 is 20.8 Å². The number of nitrogens with one attached hydrogen (secondary N) is 2. The van der Waals surface area contributed by atoms with Crippen molar-refractivity contribution in [3.8, 4) is 0 Å². The zero-order valence-electron chi connectivity index (χ0n) is 9.85. The minimum absolute atomic E-state index is 0.244. The third-order valence-corrected chi connectivity index (χ3v) is 2.41. The first kappa shape index (κ1) is 12.0. The van der Waals surface area contributed by atoms with Gasteiger partial charge in [-0.1, -0.05) is 0 Å². The maximum Gasteiger partial charge on any atom is 0.319 e. The van der Waals surface area contributed by atoms with E-state index in [9.17, 15) is 4.79 Å². The van der Waals surface area contributed by atoms with E-state index in [1.165, 1.54) is 0 Å². The van der Waals surface area contributed by atoms with Crippen LogP contribution in [0.4, 0.5) is 16.2 Å². The second-order valence-electron chi connectivity index (χ2n) is 3.83. The van der Waals surface area contributed by atoms with Crippen molar-refractivity contribution in [2.24, 2.45) is 0 Å². The van der Waals surface area contributed by atoms with Crippen LogP contribution in [0.3, 0.4) is 0 Å². The van der Waals surface area contributed by atoms with Gasteiger partial charge in [0.05, 0.1) is 6.26 Å². The summed E-state index contributed by atoms with van der Waals surface area (Å²) in [5, 5.41) is 5.46. The maximum atomic E-state index is 11.5. The molecule has 2 rings (SSSR count). The van der Waals surface area contributed by atoms with Gasteiger partial charge in [0.25, 0.3) is 0 Å². The van der Waals surface area contributed by atoms with Crippen LogP contribution < -0.4 is 16.4 Å². The third-order valence-electron chi connectivity index (χ3n) is 2.41. The van der Waals surface area contributed by atoms with E-state index in [4.69, 9.17) is 10.2 Å². The number of carbonyl (C=O) groups is 1. The largest absolute Gasteiger partial charge is 0.469 e. The van der Waals surface area contributed by atoms with E-state index >= 15 is 0 Å². The van der Waals surface area contributed by atoms with Crippen molar-refractivity contribution in [2.75, 3.05) is 17.6 Å². The molecule has 2 aromatic rings. The fourth-order valence-corrected chi connectivity index (χ4v) is 1.50. The Morgan fingerprint density at radius 3 is 2.67 bits per heavy atom. The Kier molecular flexibility index (Phi) is 3.86. The van der Waals surface area contributed by atoms with Gasteiger partial charge in [0.1, 0.15) is 5.76 Å². The molecule has 5 heteroatoms. The molecule has 0 spiro atoms. The van der Waals surface area contributed by atoms with Crippen LogP contribution in [-0.4, -0.2) is 12.6 Å². The molecule has 4 N–H and O–H groups in total. The van der Waals surface area contributed by atoms with Gasteiger partial charge in [-0.3, -0.25) is 0 Å². The Balaban J connectivity index is 1.73. The van der Waals surface area contributed by atoms with Crippen LogP contribution in [-0.2, 0) is 6.42 Å². The number of carbonyl (C=O) groups excluding carboxylic acids is 1. The average molecular weight is 245 g/mol. The molecule has 94 valence electrons. The number of rotatable bonds is 4. The van der Waals surface area contributed by atoms with Gasteiger partial charge in [-0.15, -0.1) is 0 Å². The highest BCUT2D eigenvalue weighted by Gasteiger charge is 2.01. The number of benzene rings is 1. The fraction of sp³-hybridized carbons (Fsp3) is 0.154. The van der Waals surface area contributed by atoms with Crippen LogP contribution in [0.1, 0.15) is 5.76 Å². The minimum Gasteiger partial charge on any atom is -0.469 e. The number of hydrogen-bond donors (Lipinski definition) is 3. The molecule has 1 aromatic heterocycles. The molecule has 0 saturated heterocycles. The number of amides is 2. The number of nitrogen functional groups attached to an aromatic ring is 1. The summed E-state index contributed by atoms with van der Waals surface area (Å²) in [5.74, 6) is 0.850. The Labute approximate surface area is 105 Å². The molecule has 0 unspecified atom stereocenters. The van der Waals surface area contributed by atoms with Crippen molar-refractivity contribution in [2.45, 2.75) is 6.42 Å². The van der Waals surface area contributed by atoms with Crippen LogP contribution in [0.5, 0.6) is 0 Å². The summed E-state index contributed by atoms with van der Waals surface area (Å²) < 4.78 is 5.16. The molecule has 0 saturated carbocycles. The van der Waals surface area contributed by atoms with Crippen molar-refractivity contribution in [3.63, 3.8) is 0 Å². The summed E-state index contributed by atoms with van der Waals surface area (Å²) in [6.07, 6.45) is 2.28. The van der Waals surface area contributed by atoms with E-state index in [0.717, 1.165) is 5.76 Å². The Hall–Kier alpha value is -2.43. The van der Waals surface area contributed by atoms with Gasteiger partial charge in [-0.2, -0.15) is 0 Å². The average Bonchev–Trinajstić information content (AvgIpc) is 2.85. The molecule has 1 aromatic carbocycles. The Morgan fingerprint density at radius 1 is 1.22 bits per heavy atom. The topological polar surface area (TPSA) is 80.3 Å². The summed E-state index contributed by atoms with van der Waals surface area (Å²) in [6, 6.07) is 10.4. The lowest BCUT2D eigenvalue weighted by molar-refractivity contribution is 0.252. The van der Waals surface area contributed by atoms with Gasteiger partial charge in [0, 0.05) is 24.3 Å². The molecular weight excluding hydrogens is 230 g/mol.